The maximum absolute atomic E-state index is 9.79. The molecule has 1 atom stereocenters. The second-order valence-electron chi connectivity index (χ2n) is 2.92. The number of hydrogen-bond donors (Lipinski definition) is 1. The average Bonchev–Trinajstić information content (AvgIpc) is 2.18. The average molecular weight is 176 g/mol. The van der Waals surface area contributed by atoms with Crippen molar-refractivity contribution in [2.75, 3.05) is 7.11 Å². The Hall–Kier alpha value is -1.46. The third-order valence-electron chi connectivity index (χ3n) is 1.91. The van der Waals surface area contributed by atoms with Gasteiger partial charge in [-0.2, -0.15) is 0 Å². The van der Waals surface area contributed by atoms with Gasteiger partial charge < -0.3 is 9.84 Å². The maximum Gasteiger partial charge on any atom is 0.151 e. The first-order valence-electron chi connectivity index (χ1n) is 3.95. The third kappa shape index (κ3) is 1.82. The van der Waals surface area contributed by atoms with Crippen molar-refractivity contribution < 1.29 is 9.84 Å². The van der Waals surface area contributed by atoms with E-state index in [9.17, 15) is 5.11 Å². The van der Waals surface area contributed by atoms with Gasteiger partial charge in [0, 0.05) is 5.56 Å². The molecule has 0 amide bonds. The maximum atomic E-state index is 9.79. The minimum Gasteiger partial charge on any atom is -0.496 e. The standard InChI is InChI=1S/C11H12O2/c1-4-11(2,12)9-7-5-6-8-10(9)13-3/h1,5-8,12H,2-3H3. The molecule has 0 fully saturated rings. The smallest absolute Gasteiger partial charge is 0.151 e. The zero-order chi connectivity index (χ0) is 9.90. The lowest BCUT2D eigenvalue weighted by Crippen LogP contribution is -2.18. The molecule has 0 heterocycles. The number of ether oxygens (including phenoxy) is 1. The molecule has 1 N–H and O–H groups in total. The molecule has 68 valence electrons. The van der Waals surface area contributed by atoms with Crippen LogP contribution in [0.1, 0.15) is 12.5 Å². The van der Waals surface area contributed by atoms with E-state index in [2.05, 4.69) is 5.92 Å². The van der Waals surface area contributed by atoms with E-state index in [1.807, 2.05) is 12.1 Å². The highest BCUT2D eigenvalue weighted by atomic mass is 16.5. The van der Waals surface area contributed by atoms with Crippen LogP contribution in [-0.4, -0.2) is 12.2 Å². The number of terminal acetylenes is 1. The topological polar surface area (TPSA) is 29.5 Å². The first-order chi connectivity index (χ1) is 6.11. The zero-order valence-corrected chi connectivity index (χ0v) is 7.74. The van der Waals surface area contributed by atoms with Gasteiger partial charge in [0.1, 0.15) is 5.75 Å². The van der Waals surface area contributed by atoms with Crippen LogP contribution >= 0.6 is 0 Å². The molecular formula is C11H12O2. The van der Waals surface area contributed by atoms with Gasteiger partial charge >= 0.3 is 0 Å². The summed E-state index contributed by atoms with van der Waals surface area (Å²) in [4.78, 5) is 0. The number of methoxy groups -OCH3 is 1. The van der Waals surface area contributed by atoms with Gasteiger partial charge in [0.2, 0.25) is 0 Å². The third-order valence-corrected chi connectivity index (χ3v) is 1.91. The van der Waals surface area contributed by atoms with Crippen LogP contribution in [-0.2, 0) is 5.60 Å². The lowest BCUT2D eigenvalue weighted by atomic mass is 9.96. The molecule has 1 rings (SSSR count). The molecule has 0 aliphatic heterocycles. The molecule has 0 radical (unpaired) electrons. The normalized spacial score (nSPS) is 14.3. The van der Waals surface area contributed by atoms with Crippen molar-refractivity contribution in [3.63, 3.8) is 0 Å². The van der Waals surface area contributed by atoms with Gasteiger partial charge in [0.05, 0.1) is 7.11 Å². The van der Waals surface area contributed by atoms with Crippen molar-refractivity contribution >= 4 is 0 Å². The highest BCUT2D eigenvalue weighted by Crippen LogP contribution is 2.28. The number of hydrogen-bond acceptors (Lipinski definition) is 2. The Bertz CT molecular complexity index is 334. The van der Waals surface area contributed by atoms with E-state index in [0.29, 0.717) is 11.3 Å². The van der Waals surface area contributed by atoms with E-state index in [0.717, 1.165) is 0 Å². The number of para-hydroxylation sites is 1. The Morgan fingerprint density at radius 2 is 2.08 bits per heavy atom. The van der Waals surface area contributed by atoms with Gasteiger partial charge in [-0.15, -0.1) is 6.42 Å². The van der Waals surface area contributed by atoms with E-state index in [4.69, 9.17) is 11.2 Å². The molecule has 1 aromatic carbocycles. The second kappa shape index (κ2) is 3.51. The molecule has 1 unspecified atom stereocenters. The summed E-state index contributed by atoms with van der Waals surface area (Å²) in [6, 6.07) is 7.15. The highest BCUT2D eigenvalue weighted by Gasteiger charge is 2.23. The van der Waals surface area contributed by atoms with E-state index >= 15 is 0 Å². The lowest BCUT2D eigenvalue weighted by molar-refractivity contribution is 0.119. The molecule has 0 aliphatic carbocycles. The Morgan fingerprint density at radius 3 is 2.62 bits per heavy atom. The summed E-state index contributed by atoms with van der Waals surface area (Å²) >= 11 is 0. The fourth-order valence-electron chi connectivity index (χ4n) is 1.12. The Morgan fingerprint density at radius 1 is 1.46 bits per heavy atom. The molecule has 0 saturated carbocycles. The Labute approximate surface area is 78.2 Å². The van der Waals surface area contributed by atoms with Crippen LogP contribution in [0.4, 0.5) is 0 Å². The van der Waals surface area contributed by atoms with Crippen LogP contribution in [0.5, 0.6) is 5.75 Å². The molecule has 0 aliphatic rings. The monoisotopic (exact) mass is 176 g/mol. The van der Waals surface area contributed by atoms with E-state index in [-0.39, 0.29) is 0 Å². The van der Waals surface area contributed by atoms with Gasteiger partial charge in [-0.25, -0.2) is 0 Å². The van der Waals surface area contributed by atoms with Crippen molar-refractivity contribution in [3.05, 3.63) is 29.8 Å². The largest absolute Gasteiger partial charge is 0.496 e. The lowest BCUT2D eigenvalue weighted by Gasteiger charge is -2.19. The summed E-state index contributed by atoms with van der Waals surface area (Å²) in [6.45, 7) is 1.56. The van der Waals surface area contributed by atoms with Gasteiger partial charge in [-0.05, 0) is 13.0 Å². The predicted molar refractivity (Wildman–Crippen MR) is 51.4 cm³/mol. The van der Waals surface area contributed by atoms with Crippen LogP contribution in [0.25, 0.3) is 0 Å². The van der Waals surface area contributed by atoms with Crippen molar-refractivity contribution in [1.82, 2.24) is 0 Å². The van der Waals surface area contributed by atoms with Gasteiger partial charge in [0.25, 0.3) is 0 Å². The molecule has 2 nitrogen and oxygen atoms in total. The Balaban J connectivity index is 3.22. The van der Waals surface area contributed by atoms with Crippen molar-refractivity contribution in [2.45, 2.75) is 12.5 Å². The van der Waals surface area contributed by atoms with E-state index in [1.165, 1.54) is 0 Å². The molecule has 0 bridgehead atoms. The SMILES string of the molecule is C#CC(C)(O)c1ccccc1OC. The molecule has 1 aromatic rings. The minimum absolute atomic E-state index is 0.602. The summed E-state index contributed by atoms with van der Waals surface area (Å²) < 4.78 is 5.08. The van der Waals surface area contributed by atoms with Crippen LogP contribution in [0.15, 0.2) is 24.3 Å². The number of aliphatic hydroxyl groups is 1. The summed E-state index contributed by atoms with van der Waals surface area (Å²) in [6.07, 6.45) is 5.21. The first-order valence-corrected chi connectivity index (χ1v) is 3.95. The van der Waals surface area contributed by atoms with Crippen molar-refractivity contribution in [2.24, 2.45) is 0 Å². The number of benzene rings is 1. The minimum atomic E-state index is -1.27. The fourth-order valence-corrected chi connectivity index (χ4v) is 1.12. The quantitative estimate of drug-likeness (QED) is 0.692. The zero-order valence-electron chi connectivity index (χ0n) is 7.74. The first kappa shape index (κ1) is 9.63. The van der Waals surface area contributed by atoms with Crippen molar-refractivity contribution in [1.29, 1.82) is 0 Å². The molecule has 13 heavy (non-hydrogen) atoms. The fraction of sp³-hybridized carbons (Fsp3) is 0.273. The summed E-state index contributed by atoms with van der Waals surface area (Å²) in [5, 5.41) is 9.79. The van der Waals surface area contributed by atoms with Crippen molar-refractivity contribution in [3.8, 4) is 18.1 Å². The second-order valence-corrected chi connectivity index (χ2v) is 2.92. The van der Waals surface area contributed by atoms with Crippen LogP contribution < -0.4 is 4.74 Å². The van der Waals surface area contributed by atoms with Gasteiger partial charge in [-0.1, -0.05) is 24.1 Å². The van der Waals surface area contributed by atoms with E-state index < -0.39 is 5.60 Å². The summed E-state index contributed by atoms with van der Waals surface area (Å²) in [5.74, 6) is 2.91. The molecular weight excluding hydrogens is 164 g/mol. The van der Waals surface area contributed by atoms with Crippen LogP contribution in [0, 0.1) is 12.3 Å². The molecule has 0 saturated heterocycles. The molecule has 0 spiro atoms. The summed E-state index contributed by atoms with van der Waals surface area (Å²) in [5.41, 5.74) is -0.660. The van der Waals surface area contributed by atoms with Gasteiger partial charge in [-0.3, -0.25) is 0 Å². The highest BCUT2D eigenvalue weighted by molar-refractivity contribution is 5.41. The predicted octanol–water partition coefficient (Wildman–Crippen LogP) is 1.54. The van der Waals surface area contributed by atoms with Gasteiger partial charge in [0.15, 0.2) is 5.60 Å². The van der Waals surface area contributed by atoms with E-state index in [1.54, 1.807) is 26.2 Å². The Kier molecular flexibility index (Phi) is 2.60. The van der Waals surface area contributed by atoms with Crippen LogP contribution in [0.3, 0.4) is 0 Å². The molecule has 0 aromatic heterocycles. The number of rotatable bonds is 2. The van der Waals surface area contributed by atoms with Crippen LogP contribution in [0.2, 0.25) is 0 Å². The molecule has 2 heteroatoms. The summed E-state index contributed by atoms with van der Waals surface area (Å²) in [7, 11) is 1.55.